The number of nitrogens with zero attached hydrogens (tertiary/aromatic N) is 1. The van der Waals surface area contributed by atoms with Crippen molar-refractivity contribution in [1.29, 1.82) is 0 Å². The second-order valence-corrected chi connectivity index (χ2v) is 13.7. The zero-order valence-electron chi connectivity index (χ0n) is 25.9. The number of hydrogen-bond donors (Lipinski definition) is 0. The maximum atomic E-state index is 2.41. The van der Waals surface area contributed by atoms with E-state index in [0.29, 0.717) is 0 Å². The van der Waals surface area contributed by atoms with Gasteiger partial charge in [0.2, 0.25) is 0 Å². The summed E-state index contributed by atoms with van der Waals surface area (Å²) in [6.07, 6.45) is 0. The van der Waals surface area contributed by atoms with Gasteiger partial charge in [-0.1, -0.05) is 133 Å². The molecule has 47 heavy (non-hydrogen) atoms. The van der Waals surface area contributed by atoms with E-state index in [4.69, 9.17) is 0 Å². The highest BCUT2D eigenvalue weighted by atomic mass is 32.2. The molecule has 0 bridgehead atoms. The Morgan fingerprint density at radius 3 is 2.02 bits per heavy atom. The minimum absolute atomic E-state index is 1.18. The third kappa shape index (κ3) is 3.98. The fourth-order valence-corrected chi connectivity index (χ4v) is 8.95. The van der Waals surface area contributed by atoms with E-state index < -0.39 is 0 Å². The van der Waals surface area contributed by atoms with Gasteiger partial charge in [0.25, 0.3) is 0 Å². The Kier molecular flexibility index (Phi) is 5.79. The predicted octanol–water partition coefficient (Wildman–Crippen LogP) is 12.9. The molecular weight excluding hydrogens is 587 g/mol. The fourth-order valence-electron chi connectivity index (χ4n) is 7.82. The molecule has 0 aliphatic carbocycles. The van der Waals surface area contributed by atoms with Crippen LogP contribution >= 0.6 is 11.8 Å². The van der Waals surface area contributed by atoms with E-state index in [1.165, 1.54) is 97.8 Å². The summed E-state index contributed by atoms with van der Waals surface area (Å²) in [6.45, 7) is 2.21. The van der Waals surface area contributed by atoms with E-state index in [-0.39, 0.29) is 0 Å². The van der Waals surface area contributed by atoms with Gasteiger partial charge in [-0.25, -0.2) is 0 Å². The van der Waals surface area contributed by atoms with Crippen molar-refractivity contribution in [2.24, 2.45) is 0 Å². The number of hydrogen-bond acceptors (Lipinski definition) is 1. The molecule has 8 aromatic carbocycles. The van der Waals surface area contributed by atoms with Gasteiger partial charge in [-0.3, -0.25) is 0 Å². The lowest BCUT2D eigenvalue weighted by molar-refractivity contribution is 1.18. The van der Waals surface area contributed by atoms with Gasteiger partial charge in [-0.2, -0.15) is 0 Å². The van der Waals surface area contributed by atoms with Crippen LogP contribution in [0.3, 0.4) is 0 Å². The van der Waals surface area contributed by atoms with E-state index in [0.717, 1.165) is 0 Å². The lowest BCUT2D eigenvalue weighted by atomic mass is 9.90. The third-order valence-corrected chi connectivity index (χ3v) is 11.0. The Bertz CT molecular complexity index is 2700. The second kappa shape index (κ2) is 10.2. The fraction of sp³-hybridized carbons (Fsp3) is 0.0222. The van der Waals surface area contributed by atoms with Crippen molar-refractivity contribution in [2.75, 3.05) is 0 Å². The van der Waals surface area contributed by atoms with Crippen molar-refractivity contribution in [1.82, 2.24) is 4.57 Å². The van der Waals surface area contributed by atoms with E-state index >= 15 is 0 Å². The summed E-state index contributed by atoms with van der Waals surface area (Å²) in [4.78, 5) is 2.66. The molecule has 2 heterocycles. The number of aromatic nitrogens is 1. The third-order valence-electron chi connectivity index (χ3n) is 9.82. The molecule has 0 fully saturated rings. The molecule has 0 atom stereocenters. The van der Waals surface area contributed by atoms with Gasteiger partial charge in [0, 0.05) is 31.6 Å². The molecule has 2 heteroatoms. The molecule has 9 aromatic rings. The molecule has 1 nitrogen and oxygen atoms in total. The van der Waals surface area contributed by atoms with Gasteiger partial charge in [-0.15, -0.1) is 0 Å². The standard InChI is InChI=1S/C45H29NS/c1-28-26-31-22-24-40-45(37-13-5-7-16-39(37)46(40)32-10-3-2-4-11-32)43(31)38(27-28)30-20-18-29(19-21-30)33-23-25-42-44-35(33)14-9-15-36(44)34-12-6-8-17-41(34)47-42/h2-27H,1H3. The molecule has 0 saturated heterocycles. The molecule has 1 aliphatic heterocycles. The zero-order chi connectivity index (χ0) is 31.1. The molecule has 10 rings (SSSR count). The van der Waals surface area contributed by atoms with Crippen LogP contribution in [-0.4, -0.2) is 4.57 Å². The van der Waals surface area contributed by atoms with Crippen LogP contribution in [0.5, 0.6) is 0 Å². The molecule has 0 saturated carbocycles. The maximum absolute atomic E-state index is 2.41. The second-order valence-electron chi connectivity index (χ2n) is 12.6. The van der Waals surface area contributed by atoms with Crippen LogP contribution in [0.4, 0.5) is 0 Å². The molecule has 0 spiro atoms. The summed E-state index contributed by atoms with van der Waals surface area (Å²) in [5.41, 5.74) is 12.6. The molecule has 1 aliphatic rings. The van der Waals surface area contributed by atoms with Gasteiger partial charge < -0.3 is 4.57 Å². The first kappa shape index (κ1) is 26.6. The number of benzene rings is 8. The smallest absolute Gasteiger partial charge is 0.0547 e. The van der Waals surface area contributed by atoms with Gasteiger partial charge in [-0.05, 0) is 98.4 Å². The van der Waals surface area contributed by atoms with Crippen LogP contribution in [0.25, 0.3) is 82.4 Å². The van der Waals surface area contributed by atoms with Crippen LogP contribution in [0, 0.1) is 6.92 Å². The van der Waals surface area contributed by atoms with Crippen LogP contribution in [0.1, 0.15) is 5.56 Å². The summed E-state index contributed by atoms with van der Waals surface area (Å²) in [7, 11) is 0. The quantitative estimate of drug-likeness (QED) is 0.191. The first-order valence-corrected chi connectivity index (χ1v) is 17.0. The molecule has 220 valence electrons. The van der Waals surface area contributed by atoms with Crippen molar-refractivity contribution in [3.8, 4) is 39.1 Å². The summed E-state index contributed by atoms with van der Waals surface area (Å²) in [5, 5.41) is 7.84. The van der Waals surface area contributed by atoms with Crippen molar-refractivity contribution in [3.63, 3.8) is 0 Å². The Labute approximate surface area is 277 Å². The highest BCUT2D eigenvalue weighted by molar-refractivity contribution is 7.99. The van der Waals surface area contributed by atoms with Crippen LogP contribution < -0.4 is 0 Å². The molecule has 0 unspecified atom stereocenters. The first-order valence-electron chi connectivity index (χ1n) is 16.2. The lowest BCUT2D eigenvalue weighted by Gasteiger charge is -2.21. The van der Waals surface area contributed by atoms with E-state index in [2.05, 4.69) is 169 Å². The first-order chi connectivity index (χ1) is 23.2. The molecule has 0 N–H and O–H groups in total. The highest BCUT2D eigenvalue weighted by Gasteiger charge is 2.21. The highest BCUT2D eigenvalue weighted by Crippen LogP contribution is 2.50. The average molecular weight is 616 g/mol. The lowest BCUT2D eigenvalue weighted by Crippen LogP contribution is -1.94. The average Bonchev–Trinajstić information content (AvgIpc) is 3.46. The van der Waals surface area contributed by atoms with Gasteiger partial charge in [0.15, 0.2) is 0 Å². The predicted molar refractivity (Wildman–Crippen MR) is 201 cm³/mol. The molecular formula is C45H29NS. The number of rotatable bonds is 3. The van der Waals surface area contributed by atoms with Crippen molar-refractivity contribution in [3.05, 3.63) is 163 Å². The van der Waals surface area contributed by atoms with Crippen molar-refractivity contribution >= 4 is 55.1 Å². The van der Waals surface area contributed by atoms with E-state index in [1.54, 1.807) is 0 Å². The summed E-state index contributed by atoms with van der Waals surface area (Å²) in [6, 6.07) is 58.2. The Morgan fingerprint density at radius 2 is 1.15 bits per heavy atom. The summed E-state index contributed by atoms with van der Waals surface area (Å²) >= 11 is 1.88. The van der Waals surface area contributed by atoms with Gasteiger partial charge >= 0.3 is 0 Å². The normalized spacial score (nSPS) is 12.3. The maximum Gasteiger partial charge on any atom is 0.0547 e. The van der Waals surface area contributed by atoms with Crippen molar-refractivity contribution < 1.29 is 0 Å². The minimum Gasteiger partial charge on any atom is -0.309 e. The SMILES string of the molecule is Cc1cc(-c2ccc(-c3ccc4c5c(cccc35)-c3ccccc3S4)cc2)c2c(ccc3c2c2ccccc2n3-c2ccccc2)c1. The molecule has 0 amide bonds. The number of aryl methyl sites for hydroxylation is 1. The molecule has 0 radical (unpaired) electrons. The number of para-hydroxylation sites is 2. The summed E-state index contributed by atoms with van der Waals surface area (Å²) < 4.78 is 2.41. The topological polar surface area (TPSA) is 4.93 Å². The van der Waals surface area contributed by atoms with Gasteiger partial charge in [0.1, 0.15) is 0 Å². The van der Waals surface area contributed by atoms with Crippen LogP contribution in [0.2, 0.25) is 0 Å². The zero-order valence-corrected chi connectivity index (χ0v) is 26.7. The van der Waals surface area contributed by atoms with Crippen molar-refractivity contribution in [2.45, 2.75) is 16.7 Å². The number of fused-ring (bicyclic) bond motifs is 7. The summed E-state index contributed by atoms with van der Waals surface area (Å²) in [5.74, 6) is 0. The Balaban J connectivity index is 1.17. The Hall–Kier alpha value is -5.57. The van der Waals surface area contributed by atoms with E-state index in [1.807, 2.05) is 11.8 Å². The molecule has 1 aromatic heterocycles. The van der Waals surface area contributed by atoms with Crippen LogP contribution in [0.15, 0.2) is 168 Å². The van der Waals surface area contributed by atoms with E-state index in [9.17, 15) is 0 Å². The van der Waals surface area contributed by atoms with Gasteiger partial charge in [0.05, 0.1) is 11.0 Å². The monoisotopic (exact) mass is 615 g/mol. The Morgan fingerprint density at radius 1 is 0.426 bits per heavy atom. The largest absolute Gasteiger partial charge is 0.309 e. The van der Waals surface area contributed by atoms with Crippen LogP contribution in [-0.2, 0) is 0 Å². The minimum atomic E-state index is 1.18.